The molecule has 82 valence electrons. The molecule has 0 saturated carbocycles. The molecule has 0 N–H and O–H groups in total. The van der Waals surface area contributed by atoms with Crippen LogP contribution in [0.4, 0.5) is 0 Å². The molecule has 1 saturated heterocycles. The molecular weight excluding hydrogens is 212 g/mol. The Kier molecular flexibility index (Phi) is 2.45. The van der Waals surface area contributed by atoms with Gasteiger partial charge in [0.2, 0.25) is 0 Å². The van der Waals surface area contributed by atoms with Gasteiger partial charge < -0.3 is 4.74 Å². The summed E-state index contributed by atoms with van der Waals surface area (Å²) >= 11 is 6.37. The zero-order chi connectivity index (χ0) is 10.3. The zero-order valence-electron chi connectivity index (χ0n) is 8.71. The summed E-state index contributed by atoms with van der Waals surface area (Å²) in [4.78, 5) is 0. The normalized spacial score (nSPS) is 25.5. The van der Waals surface area contributed by atoms with Crippen molar-refractivity contribution >= 4 is 11.6 Å². The number of halogens is 1. The van der Waals surface area contributed by atoms with Crippen molar-refractivity contribution in [1.82, 2.24) is 9.78 Å². The van der Waals surface area contributed by atoms with Crippen molar-refractivity contribution in [3.8, 4) is 0 Å². The van der Waals surface area contributed by atoms with Gasteiger partial charge in [-0.05, 0) is 32.1 Å². The molecular formula is C11H15ClN2O. The molecule has 0 radical (unpaired) electrons. The third-order valence-corrected chi connectivity index (χ3v) is 3.77. The van der Waals surface area contributed by atoms with Crippen LogP contribution in [0.15, 0.2) is 0 Å². The minimum absolute atomic E-state index is 0.364. The number of ether oxygens (including phenoxy) is 1. The van der Waals surface area contributed by atoms with Gasteiger partial charge in [-0.15, -0.1) is 0 Å². The van der Waals surface area contributed by atoms with Gasteiger partial charge in [0.1, 0.15) is 5.15 Å². The number of fused-ring (bicyclic) bond motifs is 1. The van der Waals surface area contributed by atoms with E-state index in [2.05, 4.69) is 5.10 Å². The monoisotopic (exact) mass is 226 g/mol. The second-order valence-electron chi connectivity index (χ2n) is 4.39. The van der Waals surface area contributed by atoms with E-state index in [0.29, 0.717) is 6.04 Å². The van der Waals surface area contributed by atoms with Crippen LogP contribution in [0.2, 0.25) is 5.15 Å². The molecule has 1 aromatic rings. The SMILES string of the molecule is Clc1c2c(nn1C1CCOC1)CCCC2. The lowest BCUT2D eigenvalue weighted by atomic mass is 9.98. The summed E-state index contributed by atoms with van der Waals surface area (Å²) in [6.07, 6.45) is 5.73. The molecule has 1 fully saturated rings. The lowest BCUT2D eigenvalue weighted by Gasteiger charge is -2.09. The van der Waals surface area contributed by atoms with Crippen LogP contribution >= 0.6 is 11.6 Å². The van der Waals surface area contributed by atoms with Crippen molar-refractivity contribution in [2.75, 3.05) is 13.2 Å². The van der Waals surface area contributed by atoms with Gasteiger partial charge in [0, 0.05) is 12.2 Å². The number of rotatable bonds is 1. The van der Waals surface area contributed by atoms with E-state index in [4.69, 9.17) is 16.3 Å². The summed E-state index contributed by atoms with van der Waals surface area (Å²) in [5, 5.41) is 5.50. The fraction of sp³-hybridized carbons (Fsp3) is 0.727. The van der Waals surface area contributed by atoms with E-state index >= 15 is 0 Å². The average molecular weight is 227 g/mol. The number of hydrogen-bond donors (Lipinski definition) is 0. The molecule has 1 unspecified atom stereocenters. The van der Waals surface area contributed by atoms with Crippen LogP contribution in [0.3, 0.4) is 0 Å². The van der Waals surface area contributed by atoms with Gasteiger partial charge in [0.05, 0.1) is 18.3 Å². The largest absolute Gasteiger partial charge is 0.379 e. The summed E-state index contributed by atoms with van der Waals surface area (Å²) in [5.41, 5.74) is 2.51. The van der Waals surface area contributed by atoms with Gasteiger partial charge in [-0.25, -0.2) is 4.68 Å². The maximum absolute atomic E-state index is 6.37. The minimum Gasteiger partial charge on any atom is -0.379 e. The molecule has 2 aliphatic rings. The van der Waals surface area contributed by atoms with Crippen LogP contribution in [0.25, 0.3) is 0 Å². The molecule has 0 spiro atoms. The van der Waals surface area contributed by atoms with E-state index in [1.807, 2.05) is 4.68 Å². The lowest BCUT2D eigenvalue weighted by molar-refractivity contribution is 0.184. The predicted octanol–water partition coefficient (Wildman–Crippen LogP) is 2.38. The third-order valence-electron chi connectivity index (χ3n) is 3.37. The molecule has 1 atom stereocenters. The Morgan fingerprint density at radius 1 is 1.33 bits per heavy atom. The second-order valence-corrected chi connectivity index (χ2v) is 4.74. The smallest absolute Gasteiger partial charge is 0.130 e. The van der Waals surface area contributed by atoms with Crippen LogP contribution in [0.1, 0.15) is 36.6 Å². The molecule has 1 aliphatic carbocycles. The van der Waals surface area contributed by atoms with Crippen LogP contribution in [0.5, 0.6) is 0 Å². The molecule has 1 aliphatic heterocycles. The Bertz CT molecular complexity index is 369. The zero-order valence-corrected chi connectivity index (χ0v) is 9.46. The van der Waals surface area contributed by atoms with Crippen LogP contribution in [-0.2, 0) is 17.6 Å². The van der Waals surface area contributed by atoms with Crippen LogP contribution in [0, 0.1) is 0 Å². The number of aromatic nitrogens is 2. The van der Waals surface area contributed by atoms with Gasteiger partial charge in [-0.2, -0.15) is 5.10 Å². The number of nitrogens with zero attached hydrogens (tertiary/aromatic N) is 2. The quantitative estimate of drug-likeness (QED) is 0.735. The van der Waals surface area contributed by atoms with Crippen molar-refractivity contribution in [2.24, 2.45) is 0 Å². The highest BCUT2D eigenvalue weighted by Crippen LogP contribution is 2.31. The fourth-order valence-electron chi connectivity index (χ4n) is 2.49. The Morgan fingerprint density at radius 2 is 2.20 bits per heavy atom. The minimum atomic E-state index is 0.364. The van der Waals surface area contributed by atoms with Gasteiger partial charge in [-0.1, -0.05) is 11.6 Å². The highest BCUT2D eigenvalue weighted by Gasteiger charge is 2.25. The third kappa shape index (κ3) is 1.58. The van der Waals surface area contributed by atoms with Gasteiger partial charge in [0.25, 0.3) is 0 Å². The Hall–Kier alpha value is -0.540. The maximum atomic E-state index is 6.37. The second kappa shape index (κ2) is 3.80. The maximum Gasteiger partial charge on any atom is 0.130 e. The van der Waals surface area contributed by atoms with Crippen molar-refractivity contribution in [3.63, 3.8) is 0 Å². The van der Waals surface area contributed by atoms with Gasteiger partial charge >= 0.3 is 0 Å². The first-order chi connectivity index (χ1) is 7.36. The van der Waals surface area contributed by atoms with E-state index in [0.717, 1.165) is 37.6 Å². The first-order valence-electron chi connectivity index (χ1n) is 5.70. The van der Waals surface area contributed by atoms with Crippen molar-refractivity contribution < 1.29 is 4.74 Å². The summed E-state index contributed by atoms with van der Waals surface area (Å²) in [6, 6.07) is 0.364. The van der Waals surface area contributed by atoms with E-state index < -0.39 is 0 Å². The highest BCUT2D eigenvalue weighted by molar-refractivity contribution is 6.30. The van der Waals surface area contributed by atoms with Crippen molar-refractivity contribution in [1.29, 1.82) is 0 Å². The summed E-state index contributed by atoms with van der Waals surface area (Å²) in [7, 11) is 0. The van der Waals surface area contributed by atoms with Crippen molar-refractivity contribution in [3.05, 3.63) is 16.4 Å². The topological polar surface area (TPSA) is 27.1 Å². The molecule has 15 heavy (non-hydrogen) atoms. The lowest BCUT2D eigenvalue weighted by Crippen LogP contribution is -2.10. The fourth-order valence-corrected chi connectivity index (χ4v) is 2.87. The summed E-state index contributed by atoms with van der Waals surface area (Å²) < 4.78 is 7.37. The van der Waals surface area contributed by atoms with Gasteiger partial charge in [0.15, 0.2) is 0 Å². The molecule has 0 amide bonds. The number of aryl methyl sites for hydroxylation is 1. The van der Waals surface area contributed by atoms with E-state index in [-0.39, 0.29) is 0 Å². The van der Waals surface area contributed by atoms with E-state index in [1.54, 1.807) is 0 Å². The highest BCUT2D eigenvalue weighted by atomic mass is 35.5. The standard InChI is InChI=1S/C11H15ClN2O/c12-11-9-3-1-2-4-10(9)13-14(11)8-5-6-15-7-8/h8H,1-7H2. The Balaban J connectivity index is 1.97. The predicted molar refractivity (Wildman–Crippen MR) is 58.4 cm³/mol. The molecule has 3 rings (SSSR count). The molecule has 2 heterocycles. The van der Waals surface area contributed by atoms with E-state index in [1.165, 1.54) is 24.1 Å². The first-order valence-corrected chi connectivity index (χ1v) is 6.07. The molecule has 3 nitrogen and oxygen atoms in total. The van der Waals surface area contributed by atoms with Crippen LogP contribution < -0.4 is 0 Å². The first kappa shape index (κ1) is 9.67. The number of hydrogen-bond acceptors (Lipinski definition) is 2. The van der Waals surface area contributed by atoms with Crippen molar-refractivity contribution in [2.45, 2.75) is 38.1 Å². The average Bonchev–Trinajstić information content (AvgIpc) is 2.87. The van der Waals surface area contributed by atoms with E-state index in [9.17, 15) is 0 Å². The Morgan fingerprint density at radius 3 is 2.93 bits per heavy atom. The summed E-state index contributed by atoms with van der Waals surface area (Å²) in [6.45, 7) is 1.60. The van der Waals surface area contributed by atoms with Gasteiger partial charge in [-0.3, -0.25) is 0 Å². The molecule has 1 aromatic heterocycles. The molecule has 0 bridgehead atoms. The molecule has 0 aromatic carbocycles. The Labute approximate surface area is 94.4 Å². The summed E-state index contributed by atoms with van der Waals surface area (Å²) in [5.74, 6) is 0. The van der Waals surface area contributed by atoms with Crippen LogP contribution in [-0.4, -0.2) is 23.0 Å². The molecule has 4 heteroatoms.